The highest BCUT2D eigenvalue weighted by atomic mass is 79.9. The number of hydrogen-bond donors (Lipinski definition) is 1. The van der Waals surface area contributed by atoms with E-state index in [1.807, 2.05) is 37.8 Å². The molecule has 8 heteroatoms. The highest BCUT2D eigenvalue weighted by Gasteiger charge is 2.32. The third kappa shape index (κ3) is 3.80. The SMILES string of the molecule is CC(C)(C)OC(=O)N1CCCC1CNc1ccc2ncc(Br)n2n1. The largest absolute Gasteiger partial charge is 0.444 e. The summed E-state index contributed by atoms with van der Waals surface area (Å²) >= 11 is 3.42. The Morgan fingerprint density at radius 3 is 3.00 bits per heavy atom. The number of halogens is 1. The summed E-state index contributed by atoms with van der Waals surface area (Å²) in [5, 5.41) is 7.80. The van der Waals surface area contributed by atoms with Crippen LogP contribution >= 0.6 is 15.9 Å². The van der Waals surface area contributed by atoms with Gasteiger partial charge >= 0.3 is 6.09 Å². The zero-order valence-corrected chi connectivity index (χ0v) is 15.7. The monoisotopic (exact) mass is 395 g/mol. The van der Waals surface area contributed by atoms with Gasteiger partial charge in [0.1, 0.15) is 16.0 Å². The van der Waals surface area contributed by atoms with Gasteiger partial charge in [0.15, 0.2) is 5.65 Å². The lowest BCUT2D eigenvalue weighted by Crippen LogP contribution is -2.42. The van der Waals surface area contributed by atoms with Crippen LogP contribution in [0, 0.1) is 0 Å². The maximum Gasteiger partial charge on any atom is 0.410 e. The Hall–Kier alpha value is -1.83. The van der Waals surface area contributed by atoms with Crippen LogP contribution in [-0.2, 0) is 4.74 Å². The molecular formula is C16H22BrN5O2. The molecule has 0 spiro atoms. The fraction of sp³-hybridized carbons (Fsp3) is 0.562. The second-order valence-electron chi connectivity index (χ2n) is 6.92. The molecule has 1 amide bonds. The van der Waals surface area contributed by atoms with Crippen LogP contribution in [-0.4, -0.2) is 50.3 Å². The molecule has 1 aliphatic rings. The number of likely N-dealkylation sites (tertiary alicyclic amines) is 1. The molecule has 7 nitrogen and oxygen atoms in total. The van der Waals surface area contributed by atoms with Crippen molar-refractivity contribution in [3.63, 3.8) is 0 Å². The number of ether oxygens (including phenoxy) is 1. The number of fused-ring (bicyclic) bond motifs is 1. The molecule has 0 saturated carbocycles. The molecule has 0 radical (unpaired) electrons. The van der Waals surface area contributed by atoms with Crippen LogP contribution < -0.4 is 5.32 Å². The van der Waals surface area contributed by atoms with Crippen molar-refractivity contribution in [3.05, 3.63) is 22.9 Å². The van der Waals surface area contributed by atoms with Crippen LogP contribution in [0.1, 0.15) is 33.6 Å². The van der Waals surface area contributed by atoms with E-state index in [-0.39, 0.29) is 12.1 Å². The molecule has 1 aliphatic heterocycles. The van der Waals surface area contributed by atoms with E-state index in [2.05, 4.69) is 31.3 Å². The maximum atomic E-state index is 12.3. The Morgan fingerprint density at radius 2 is 2.25 bits per heavy atom. The molecular weight excluding hydrogens is 374 g/mol. The molecule has 3 heterocycles. The summed E-state index contributed by atoms with van der Waals surface area (Å²) < 4.78 is 8.02. The molecule has 0 bridgehead atoms. The number of carbonyl (C=O) groups is 1. The second kappa shape index (κ2) is 6.58. The quantitative estimate of drug-likeness (QED) is 0.862. The Labute approximate surface area is 149 Å². The average molecular weight is 396 g/mol. The van der Waals surface area contributed by atoms with E-state index < -0.39 is 5.60 Å². The first-order valence-corrected chi connectivity index (χ1v) is 8.86. The smallest absolute Gasteiger partial charge is 0.410 e. The number of rotatable bonds is 3. The van der Waals surface area contributed by atoms with Gasteiger partial charge in [-0.15, -0.1) is 5.10 Å². The van der Waals surface area contributed by atoms with Crippen molar-refractivity contribution in [1.29, 1.82) is 0 Å². The van der Waals surface area contributed by atoms with E-state index in [4.69, 9.17) is 4.74 Å². The third-order valence-corrected chi connectivity index (χ3v) is 4.39. The molecule has 130 valence electrons. The summed E-state index contributed by atoms with van der Waals surface area (Å²) in [6.07, 6.45) is 3.43. The Balaban J connectivity index is 1.64. The van der Waals surface area contributed by atoms with Gasteiger partial charge in [-0.3, -0.25) is 0 Å². The number of imidazole rings is 1. The molecule has 1 N–H and O–H groups in total. The summed E-state index contributed by atoms with van der Waals surface area (Å²) in [6, 6.07) is 3.91. The summed E-state index contributed by atoms with van der Waals surface area (Å²) in [6.45, 7) is 7.04. The minimum absolute atomic E-state index is 0.114. The molecule has 3 rings (SSSR count). The van der Waals surface area contributed by atoms with Crippen molar-refractivity contribution < 1.29 is 9.53 Å². The molecule has 1 atom stereocenters. The van der Waals surface area contributed by atoms with Crippen molar-refractivity contribution in [2.75, 3.05) is 18.4 Å². The third-order valence-electron chi connectivity index (χ3n) is 3.84. The van der Waals surface area contributed by atoms with Crippen molar-refractivity contribution in [3.8, 4) is 0 Å². The standard InChI is InChI=1S/C16H22BrN5O2/c1-16(2,3)24-15(23)21-8-4-5-11(21)9-18-13-6-7-14-19-10-12(17)22(14)20-13/h6-7,10-11H,4-5,8-9H2,1-3H3,(H,18,20). The first kappa shape index (κ1) is 17.0. The van der Waals surface area contributed by atoms with Crippen LogP contribution in [0.15, 0.2) is 22.9 Å². The van der Waals surface area contributed by atoms with E-state index >= 15 is 0 Å². The minimum atomic E-state index is -0.474. The summed E-state index contributed by atoms with van der Waals surface area (Å²) in [7, 11) is 0. The summed E-state index contributed by atoms with van der Waals surface area (Å²) in [5.41, 5.74) is 0.307. The van der Waals surface area contributed by atoms with Crippen LogP contribution in [0.4, 0.5) is 10.6 Å². The van der Waals surface area contributed by atoms with Crippen LogP contribution in [0.25, 0.3) is 5.65 Å². The van der Waals surface area contributed by atoms with E-state index in [9.17, 15) is 4.79 Å². The number of aromatic nitrogens is 3. The lowest BCUT2D eigenvalue weighted by atomic mass is 10.2. The molecule has 1 fully saturated rings. The van der Waals surface area contributed by atoms with Gasteiger partial charge in [0.05, 0.1) is 12.2 Å². The molecule has 0 aliphatic carbocycles. The van der Waals surface area contributed by atoms with Crippen LogP contribution in [0.2, 0.25) is 0 Å². The van der Waals surface area contributed by atoms with Crippen molar-refractivity contribution in [1.82, 2.24) is 19.5 Å². The second-order valence-corrected chi connectivity index (χ2v) is 7.73. The topological polar surface area (TPSA) is 71.8 Å². The molecule has 24 heavy (non-hydrogen) atoms. The number of carbonyl (C=O) groups excluding carboxylic acids is 1. The van der Waals surface area contributed by atoms with E-state index in [0.717, 1.165) is 35.5 Å². The van der Waals surface area contributed by atoms with E-state index in [1.165, 1.54) is 0 Å². The van der Waals surface area contributed by atoms with Crippen LogP contribution in [0.3, 0.4) is 0 Å². The first-order valence-electron chi connectivity index (χ1n) is 8.07. The van der Waals surface area contributed by atoms with Crippen LogP contribution in [0.5, 0.6) is 0 Å². The Kier molecular flexibility index (Phi) is 4.67. The maximum absolute atomic E-state index is 12.3. The zero-order chi connectivity index (χ0) is 17.3. The van der Waals surface area contributed by atoms with Gasteiger partial charge in [-0.05, 0) is 61.7 Å². The van der Waals surface area contributed by atoms with Gasteiger partial charge in [-0.1, -0.05) is 0 Å². The first-order chi connectivity index (χ1) is 11.3. The fourth-order valence-electron chi connectivity index (χ4n) is 2.77. The number of hydrogen-bond acceptors (Lipinski definition) is 5. The summed E-state index contributed by atoms with van der Waals surface area (Å²) in [4.78, 5) is 18.3. The predicted molar refractivity (Wildman–Crippen MR) is 95.1 cm³/mol. The van der Waals surface area contributed by atoms with Crippen molar-refractivity contribution in [2.45, 2.75) is 45.3 Å². The normalized spacial score (nSPS) is 18.2. The minimum Gasteiger partial charge on any atom is -0.444 e. The predicted octanol–water partition coefficient (Wildman–Crippen LogP) is 3.30. The Bertz CT molecular complexity index is 740. The lowest BCUT2D eigenvalue weighted by molar-refractivity contribution is 0.0235. The Morgan fingerprint density at radius 1 is 1.46 bits per heavy atom. The number of amides is 1. The van der Waals surface area contributed by atoms with Gasteiger partial charge in [0.25, 0.3) is 0 Å². The molecule has 1 unspecified atom stereocenters. The lowest BCUT2D eigenvalue weighted by Gasteiger charge is -2.28. The number of anilines is 1. The van der Waals surface area contributed by atoms with Crippen molar-refractivity contribution in [2.24, 2.45) is 0 Å². The number of nitrogens with zero attached hydrogens (tertiary/aromatic N) is 4. The van der Waals surface area contributed by atoms with Crippen molar-refractivity contribution >= 4 is 33.5 Å². The summed E-state index contributed by atoms with van der Waals surface area (Å²) in [5.74, 6) is 0.747. The highest BCUT2D eigenvalue weighted by Crippen LogP contribution is 2.21. The molecule has 0 aromatic carbocycles. The van der Waals surface area contributed by atoms with Gasteiger partial charge < -0.3 is 15.0 Å². The van der Waals surface area contributed by atoms with Gasteiger partial charge in [-0.2, -0.15) is 0 Å². The van der Waals surface area contributed by atoms with Gasteiger partial charge in [0, 0.05) is 13.1 Å². The molecule has 2 aromatic heterocycles. The molecule has 2 aromatic rings. The highest BCUT2D eigenvalue weighted by molar-refractivity contribution is 9.10. The van der Waals surface area contributed by atoms with Gasteiger partial charge in [-0.25, -0.2) is 14.3 Å². The van der Waals surface area contributed by atoms with E-state index in [0.29, 0.717) is 6.54 Å². The fourth-order valence-corrected chi connectivity index (χ4v) is 3.13. The number of nitrogens with one attached hydrogen (secondary N) is 1. The molecule has 1 saturated heterocycles. The van der Waals surface area contributed by atoms with E-state index in [1.54, 1.807) is 10.7 Å². The average Bonchev–Trinajstić information content (AvgIpc) is 3.11. The zero-order valence-electron chi connectivity index (χ0n) is 14.1. The van der Waals surface area contributed by atoms with Gasteiger partial charge in [0.2, 0.25) is 0 Å².